The fourth-order valence-electron chi connectivity index (χ4n) is 2.71. The molecule has 25 heavy (non-hydrogen) atoms. The number of aliphatic hydroxyl groups is 1. The molecule has 1 atom stereocenters. The molecule has 130 valence electrons. The van der Waals surface area contributed by atoms with Crippen molar-refractivity contribution in [1.29, 1.82) is 0 Å². The number of halogens is 1. The minimum absolute atomic E-state index is 0.225. The van der Waals surface area contributed by atoms with Crippen LogP contribution in [0, 0.1) is 5.92 Å². The molecule has 0 saturated heterocycles. The molecule has 0 spiro atoms. The summed E-state index contributed by atoms with van der Waals surface area (Å²) in [4.78, 5) is 18.7. The molecule has 0 bridgehead atoms. The van der Waals surface area contributed by atoms with Gasteiger partial charge in [-0.3, -0.25) is 9.63 Å². The molecule has 0 fully saturated rings. The van der Waals surface area contributed by atoms with Crippen LogP contribution in [-0.4, -0.2) is 22.7 Å². The van der Waals surface area contributed by atoms with Crippen LogP contribution in [0.5, 0.6) is 0 Å². The fraction of sp³-hybridized carbons (Fsp3) is 0.250. The van der Waals surface area contributed by atoms with E-state index in [0.29, 0.717) is 17.7 Å². The fourth-order valence-corrected chi connectivity index (χ4v) is 3.11. The zero-order valence-corrected chi connectivity index (χ0v) is 15.7. The number of hydrogen-bond acceptors (Lipinski definition) is 3. The summed E-state index contributed by atoms with van der Waals surface area (Å²) in [6.07, 6.45) is 1.56. The van der Waals surface area contributed by atoms with Gasteiger partial charge in [0.15, 0.2) is 0 Å². The van der Waals surface area contributed by atoms with Gasteiger partial charge in [0.25, 0.3) is 5.91 Å². The normalized spacial score (nSPS) is 20.3. The highest BCUT2D eigenvalue weighted by Gasteiger charge is 2.47. The van der Waals surface area contributed by atoms with E-state index in [1.165, 1.54) is 0 Å². The van der Waals surface area contributed by atoms with E-state index in [4.69, 9.17) is 4.84 Å². The van der Waals surface area contributed by atoms with Crippen molar-refractivity contribution in [3.8, 4) is 0 Å². The Morgan fingerprint density at radius 2 is 1.88 bits per heavy atom. The topological polar surface area (TPSA) is 49.8 Å². The summed E-state index contributed by atoms with van der Waals surface area (Å²) in [6, 6.07) is 16.5. The van der Waals surface area contributed by atoms with Gasteiger partial charge in [0, 0.05) is 10.0 Å². The third-order valence-electron chi connectivity index (χ3n) is 3.94. The summed E-state index contributed by atoms with van der Waals surface area (Å²) in [5, 5.41) is 12.4. The Labute approximate surface area is 155 Å². The van der Waals surface area contributed by atoms with Crippen LogP contribution in [0.4, 0.5) is 0 Å². The van der Waals surface area contributed by atoms with Gasteiger partial charge < -0.3 is 5.11 Å². The molecule has 1 N–H and O–H groups in total. The summed E-state index contributed by atoms with van der Waals surface area (Å²) in [5.74, 6) is -0.132. The number of benzene rings is 2. The van der Waals surface area contributed by atoms with E-state index in [1.54, 1.807) is 18.2 Å². The average molecular weight is 402 g/mol. The maximum Gasteiger partial charge on any atom is 0.281 e. The number of carbonyl (C=O) groups is 1. The smallest absolute Gasteiger partial charge is 0.281 e. The van der Waals surface area contributed by atoms with Crippen molar-refractivity contribution >= 4 is 27.4 Å². The third kappa shape index (κ3) is 3.54. The van der Waals surface area contributed by atoms with Crippen molar-refractivity contribution in [1.82, 2.24) is 5.06 Å². The van der Waals surface area contributed by atoms with Gasteiger partial charge in [-0.2, -0.15) is 5.06 Å². The monoisotopic (exact) mass is 401 g/mol. The largest absolute Gasteiger partial charge is 0.362 e. The van der Waals surface area contributed by atoms with E-state index < -0.39 is 5.72 Å². The van der Waals surface area contributed by atoms with Gasteiger partial charge in [-0.05, 0) is 29.7 Å². The Balaban J connectivity index is 2.06. The number of hydroxylamine groups is 2. The number of carbonyl (C=O) groups excluding carboxylic acids is 1. The number of nitrogens with zero attached hydrogens (tertiary/aromatic N) is 1. The van der Waals surface area contributed by atoms with Crippen molar-refractivity contribution in [2.75, 3.05) is 6.61 Å². The van der Waals surface area contributed by atoms with Crippen LogP contribution in [0.25, 0.3) is 5.57 Å². The van der Waals surface area contributed by atoms with Crippen molar-refractivity contribution in [3.05, 3.63) is 76.3 Å². The van der Waals surface area contributed by atoms with E-state index in [0.717, 1.165) is 15.1 Å². The lowest BCUT2D eigenvalue weighted by molar-refractivity contribution is -0.260. The molecule has 5 heteroatoms. The van der Waals surface area contributed by atoms with E-state index in [2.05, 4.69) is 15.9 Å². The standard InChI is InChI=1S/C20H20BrNO3/c1-14(2)13-25-22-19(23)18(15-7-6-10-17(21)11-15)12-20(22,24)16-8-4-3-5-9-16/h3-12,14,24H,13H2,1-2H3. The average Bonchev–Trinajstić information content (AvgIpc) is 2.86. The Bertz CT molecular complexity index is 804. The van der Waals surface area contributed by atoms with Gasteiger partial charge >= 0.3 is 0 Å². The molecule has 2 aromatic carbocycles. The van der Waals surface area contributed by atoms with Gasteiger partial charge in [-0.15, -0.1) is 0 Å². The molecule has 2 aromatic rings. The summed E-state index contributed by atoms with van der Waals surface area (Å²) in [6.45, 7) is 4.32. The van der Waals surface area contributed by atoms with Gasteiger partial charge in [0.1, 0.15) is 0 Å². The van der Waals surface area contributed by atoms with Gasteiger partial charge in [0.2, 0.25) is 5.72 Å². The Morgan fingerprint density at radius 1 is 1.16 bits per heavy atom. The molecule has 1 unspecified atom stereocenters. The predicted molar refractivity (Wildman–Crippen MR) is 100 cm³/mol. The summed E-state index contributed by atoms with van der Waals surface area (Å²) in [7, 11) is 0. The molecule has 3 rings (SSSR count). The summed E-state index contributed by atoms with van der Waals surface area (Å²) < 4.78 is 0.864. The second-order valence-corrected chi connectivity index (χ2v) is 7.37. The molecule has 4 nitrogen and oxygen atoms in total. The van der Waals surface area contributed by atoms with Gasteiger partial charge in [-0.1, -0.05) is 72.2 Å². The Morgan fingerprint density at radius 3 is 2.52 bits per heavy atom. The maximum atomic E-state index is 13.0. The van der Waals surface area contributed by atoms with E-state index in [1.807, 2.05) is 56.3 Å². The Kier molecular flexibility index (Phi) is 5.08. The third-order valence-corrected chi connectivity index (χ3v) is 4.43. The lowest BCUT2D eigenvalue weighted by atomic mass is 10.0. The molecular formula is C20H20BrNO3. The van der Waals surface area contributed by atoms with Gasteiger partial charge in [0.05, 0.1) is 12.2 Å². The second-order valence-electron chi connectivity index (χ2n) is 6.45. The molecule has 0 aliphatic carbocycles. The first-order valence-corrected chi connectivity index (χ1v) is 8.95. The van der Waals surface area contributed by atoms with Crippen LogP contribution in [0.15, 0.2) is 65.1 Å². The number of rotatable bonds is 5. The van der Waals surface area contributed by atoms with Crippen molar-refractivity contribution < 1.29 is 14.7 Å². The zero-order chi connectivity index (χ0) is 18.0. The van der Waals surface area contributed by atoms with Crippen molar-refractivity contribution in [3.63, 3.8) is 0 Å². The summed E-state index contributed by atoms with van der Waals surface area (Å²) >= 11 is 3.42. The molecule has 0 radical (unpaired) electrons. The van der Waals surface area contributed by atoms with Crippen LogP contribution in [0.1, 0.15) is 25.0 Å². The first-order chi connectivity index (χ1) is 11.9. The quantitative estimate of drug-likeness (QED) is 0.819. The highest BCUT2D eigenvalue weighted by molar-refractivity contribution is 9.10. The molecule has 1 aliphatic rings. The van der Waals surface area contributed by atoms with Crippen LogP contribution < -0.4 is 0 Å². The van der Waals surface area contributed by atoms with Crippen molar-refractivity contribution in [2.24, 2.45) is 5.92 Å². The lowest BCUT2D eigenvalue weighted by Crippen LogP contribution is -2.44. The number of amides is 1. The molecule has 0 aromatic heterocycles. The molecule has 1 amide bonds. The minimum atomic E-state index is -1.63. The molecular weight excluding hydrogens is 382 g/mol. The molecule has 1 heterocycles. The van der Waals surface area contributed by atoms with E-state index in [-0.39, 0.29) is 11.8 Å². The molecule has 1 aliphatic heterocycles. The predicted octanol–water partition coefficient (Wildman–Crippen LogP) is 4.11. The highest BCUT2D eigenvalue weighted by atomic mass is 79.9. The minimum Gasteiger partial charge on any atom is -0.362 e. The van der Waals surface area contributed by atoms with Crippen molar-refractivity contribution in [2.45, 2.75) is 19.6 Å². The first-order valence-electron chi connectivity index (χ1n) is 8.16. The SMILES string of the molecule is CC(C)CON1C(=O)C(c2cccc(Br)c2)=CC1(O)c1ccccc1. The lowest BCUT2D eigenvalue weighted by Gasteiger charge is -2.32. The number of hydrogen-bond donors (Lipinski definition) is 1. The second kappa shape index (κ2) is 7.12. The Hall–Kier alpha value is -1.95. The van der Waals surface area contributed by atoms with E-state index >= 15 is 0 Å². The highest BCUT2D eigenvalue weighted by Crippen LogP contribution is 2.39. The van der Waals surface area contributed by atoms with Crippen LogP contribution in [0.2, 0.25) is 0 Å². The van der Waals surface area contributed by atoms with Gasteiger partial charge in [-0.25, -0.2) is 0 Å². The van der Waals surface area contributed by atoms with Crippen LogP contribution >= 0.6 is 15.9 Å². The maximum absolute atomic E-state index is 13.0. The summed E-state index contributed by atoms with van der Waals surface area (Å²) in [5.41, 5.74) is 0.0862. The van der Waals surface area contributed by atoms with E-state index in [9.17, 15) is 9.90 Å². The van der Waals surface area contributed by atoms with Crippen LogP contribution in [-0.2, 0) is 15.4 Å². The first kappa shape index (κ1) is 17.9. The zero-order valence-electron chi connectivity index (χ0n) is 14.1. The molecule has 0 saturated carbocycles. The van der Waals surface area contributed by atoms with Crippen LogP contribution in [0.3, 0.4) is 0 Å².